The molecule has 0 radical (unpaired) electrons. The molecular weight excluding hydrogens is 383 g/mol. The predicted octanol–water partition coefficient (Wildman–Crippen LogP) is 5.24. The lowest BCUT2D eigenvalue weighted by molar-refractivity contribution is -0.274. The van der Waals surface area contributed by atoms with E-state index >= 15 is 0 Å². The number of benzene rings is 2. The average Bonchev–Trinajstić information content (AvgIpc) is 3.04. The number of hydrogen-bond acceptors (Lipinski definition) is 4. The zero-order valence-corrected chi connectivity index (χ0v) is 15.0. The molecule has 4 rings (SSSR count). The van der Waals surface area contributed by atoms with Gasteiger partial charge in [-0.05, 0) is 48.0 Å². The fourth-order valence-electron chi connectivity index (χ4n) is 3.10. The molecule has 2 aromatic carbocycles. The third-order valence-electron chi connectivity index (χ3n) is 4.40. The Hall–Kier alpha value is -3.68. The van der Waals surface area contributed by atoms with Gasteiger partial charge in [-0.3, -0.25) is 9.55 Å². The van der Waals surface area contributed by atoms with Crippen LogP contribution in [0.3, 0.4) is 0 Å². The van der Waals surface area contributed by atoms with Crippen molar-refractivity contribution in [2.45, 2.75) is 12.9 Å². The predicted molar refractivity (Wildman–Crippen MR) is 103 cm³/mol. The van der Waals surface area contributed by atoms with Crippen LogP contribution in [-0.4, -0.2) is 21.0 Å². The summed E-state index contributed by atoms with van der Waals surface area (Å²) in [6.45, 7) is 0.551. The lowest BCUT2D eigenvalue weighted by Gasteiger charge is -2.11. The van der Waals surface area contributed by atoms with Crippen molar-refractivity contribution in [2.24, 2.45) is 0 Å². The van der Waals surface area contributed by atoms with Crippen LogP contribution in [0.2, 0.25) is 0 Å². The number of anilines is 1. The van der Waals surface area contributed by atoms with Gasteiger partial charge in [0.25, 0.3) is 0 Å². The van der Waals surface area contributed by atoms with Gasteiger partial charge in [0.15, 0.2) is 0 Å². The highest BCUT2D eigenvalue weighted by atomic mass is 19.4. The summed E-state index contributed by atoms with van der Waals surface area (Å²) in [4.78, 5) is 3.98. The van der Waals surface area contributed by atoms with Gasteiger partial charge < -0.3 is 15.2 Å². The number of nitrogens with one attached hydrogen (secondary N) is 1. The van der Waals surface area contributed by atoms with Crippen LogP contribution in [0.1, 0.15) is 5.56 Å². The average molecular weight is 399 g/mol. The molecule has 2 heterocycles. The fraction of sp³-hybridized carbons (Fsp3) is 0.0952. The standard InChI is InChI=1S/C21H16F3N3O2/c22-21(23,24)29-17-6-4-16(5-7-17)27-13-15-2-1-3-18(19(15)20(27)28)26-12-14-8-10-25-11-9-14/h1-11,13,26,28H,12H2. The minimum absolute atomic E-state index is 0.0117. The summed E-state index contributed by atoms with van der Waals surface area (Å²) in [7, 11) is 0. The van der Waals surface area contributed by atoms with E-state index in [2.05, 4.69) is 15.0 Å². The van der Waals surface area contributed by atoms with Crippen molar-refractivity contribution in [2.75, 3.05) is 5.32 Å². The minimum Gasteiger partial charge on any atom is -0.494 e. The van der Waals surface area contributed by atoms with E-state index in [0.29, 0.717) is 17.6 Å². The van der Waals surface area contributed by atoms with Crippen molar-refractivity contribution in [3.8, 4) is 17.3 Å². The quantitative estimate of drug-likeness (QED) is 0.482. The van der Waals surface area contributed by atoms with E-state index in [-0.39, 0.29) is 11.6 Å². The zero-order chi connectivity index (χ0) is 20.4. The summed E-state index contributed by atoms with van der Waals surface area (Å²) < 4.78 is 42.4. The lowest BCUT2D eigenvalue weighted by Crippen LogP contribution is -2.17. The van der Waals surface area contributed by atoms with E-state index in [1.165, 1.54) is 28.8 Å². The molecule has 0 spiro atoms. The molecule has 0 fully saturated rings. The van der Waals surface area contributed by atoms with Crippen LogP contribution in [0.25, 0.3) is 16.5 Å². The second-order valence-electron chi connectivity index (χ2n) is 6.34. The van der Waals surface area contributed by atoms with E-state index in [1.807, 2.05) is 30.3 Å². The number of halogens is 3. The number of alkyl halides is 3. The molecule has 0 aliphatic carbocycles. The summed E-state index contributed by atoms with van der Waals surface area (Å²) in [5.41, 5.74) is 2.29. The molecule has 0 amide bonds. The van der Waals surface area contributed by atoms with E-state index < -0.39 is 6.36 Å². The molecule has 4 aromatic rings. The molecule has 0 saturated carbocycles. The second kappa shape index (κ2) is 7.38. The Morgan fingerprint density at radius 2 is 1.72 bits per heavy atom. The third kappa shape index (κ3) is 4.11. The summed E-state index contributed by atoms with van der Waals surface area (Å²) in [6, 6.07) is 14.7. The van der Waals surface area contributed by atoms with Gasteiger partial charge in [-0.2, -0.15) is 0 Å². The van der Waals surface area contributed by atoms with Gasteiger partial charge in [0.1, 0.15) is 5.75 Å². The van der Waals surface area contributed by atoms with E-state index in [9.17, 15) is 18.3 Å². The second-order valence-corrected chi connectivity index (χ2v) is 6.34. The van der Waals surface area contributed by atoms with E-state index in [0.717, 1.165) is 16.6 Å². The smallest absolute Gasteiger partial charge is 0.494 e. The van der Waals surface area contributed by atoms with Crippen molar-refractivity contribution in [1.82, 2.24) is 9.55 Å². The number of aromatic hydroxyl groups is 1. The molecule has 0 aliphatic heterocycles. The van der Waals surface area contributed by atoms with Crippen LogP contribution in [0, 0.1) is 0 Å². The van der Waals surface area contributed by atoms with E-state index in [4.69, 9.17) is 0 Å². The molecule has 2 N–H and O–H groups in total. The Bertz CT molecular complexity index is 1120. The first-order chi connectivity index (χ1) is 13.9. The van der Waals surface area contributed by atoms with Crippen LogP contribution in [-0.2, 0) is 6.54 Å². The maximum Gasteiger partial charge on any atom is 0.573 e. The van der Waals surface area contributed by atoms with Crippen LogP contribution in [0.15, 0.2) is 73.2 Å². The highest BCUT2D eigenvalue weighted by Gasteiger charge is 2.31. The Labute approximate surface area is 164 Å². The number of ether oxygens (including phenoxy) is 1. The van der Waals surface area contributed by atoms with Crippen molar-refractivity contribution in [3.63, 3.8) is 0 Å². The molecule has 0 aliphatic rings. The zero-order valence-electron chi connectivity index (χ0n) is 15.0. The van der Waals surface area contributed by atoms with Crippen molar-refractivity contribution < 1.29 is 23.0 Å². The molecule has 0 atom stereocenters. The maximum atomic E-state index is 12.3. The number of rotatable bonds is 5. The molecule has 29 heavy (non-hydrogen) atoms. The van der Waals surface area contributed by atoms with Gasteiger partial charge in [-0.25, -0.2) is 0 Å². The Morgan fingerprint density at radius 1 is 1.00 bits per heavy atom. The summed E-state index contributed by atoms with van der Waals surface area (Å²) >= 11 is 0. The van der Waals surface area contributed by atoms with Crippen molar-refractivity contribution >= 4 is 16.5 Å². The van der Waals surface area contributed by atoms with Crippen LogP contribution >= 0.6 is 0 Å². The van der Waals surface area contributed by atoms with Crippen LogP contribution in [0.4, 0.5) is 18.9 Å². The van der Waals surface area contributed by atoms with Crippen molar-refractivity contribution in [1.29, 1.82) is 0 Å². The fourth-order valence-corrected chi connectivity index (χ4v) is 3.10. The number of fused-ring (bicyclic) bond motifs is 1. The van der Waals surface area contributed by atoms with E-state index in [1.54, 1.807) is 18.6 Å². The van der Waals surface area contributed by atoms with Gasteiger partial charge in [-0.15, -0.1) is 13.2 Å². The number of pyridine rings is 1. The first-order valence-electron chi connectivity index (χ1n) is 8.73. The highest BCUT2D eigenvalue weighted by Crippen LogP contribution is 2.36. The van der Waals surface area contributed by atoms with Crippen molar-refractivity contribution in [3.05, 3.63) is 78.8 Å². The Kier molecular flexibility index (Phi) is 4.75. The molecule has 0 bridgehead atoms. The topological polar surface area (TPSA) is 59.3 Å². The van der Waals surface area contributed by atoms with Gasteiger partial charge in [0.2, 0.25) is 5.88 Å². The molecule has 0 unspecified atom stereocenters. The van der Waals surface area contributed by atoms with Crippen LogP contribution < -0.4 is 10.1 Å². The lowest BCUT2D eigenvalue weighted by atomic mass is 10.1. The molecule has 2 aromatic heterocycles. The highest BCUT2D eigenvalue weighted by molar-refractivity contribution is 5.99. The molecule has 8 heteroatoms. The molecule has 0 saturated heterocycles. The Balaban J connectivity index is 1.64. The van der Waals surface area contributed by atoms with Gasteiger partial charge in [0.05, 0.1) is 5.39 Å². The summed E-state index contributed by atoms with van der Waals surface area (Å²) in [5, 5.41) is 15.5. The van der Waals surface area contributed by atoms with Gasteiger partial charge in [0, 0.05) is 41.9 Å². The molecule has 5 nitrogen and oxygen atoms in total. The first-order valence-corrected chi connectivity index (χ1v) is 8.73. The monoisotopic (exact) mass is 399 g/mol. The Morgan fingerprint density at radius 3 is 2.41 bits per heavy atom. The first kappa shape index (κ1) is 18.7. The molecular formula is C21H16F3N3O2. The molecule has 148 valence electrons. The summed E-state index contributed by atoms with van der Waals surface area (Å²) in [6.07, 6.45) is 0.387. The van der Waals surface area contributed by atoms with Gasteiger partial charge in [-0.1, -0.05) is 12.1 Å². The number of nitrogens with zero attached hydrogens (tertiary/aromatic N) is 2. The van der Waals surface area contributed by atoms with Crippen LogP contribution in [0.5, 0.6) is 11.6 Å². The third-order valence-corrected chi connectivity index (χ3v) is 4.40. The normalized spacial score (nSPS) is 11.6. The summed E-state index contributed by atoms with van der Waals surface area (Å²) in [5.74, 6) is -0.334. The number of aromatic nitrogens is 2. The SMILES string of the molecule is Oc1c2c(NCc3ccncc3)cccc2cn1-c1ccc(OC(F)(F)F)cc1. The minimum atomic E-state index is -4.75. The largest absolute Gasteiger partial charge is 0.573 e. The van der Waals surface area contributed by atoms with Gasteiger partial charge >= 0.3 is 6.36 Å². The number of hydrogen-bond donors (Lipinski definition) is 2. The maximum absolute atomic E-state index is 12.3.